The standard InChI is InChI=1S/C19H28N2O4S2/c1-14-8-9-17-16(12-14)21(27(2,23)24)13-18(25-17)19(22)20-10-11-26-15-6-4-3-5-7-15/h8-9,12,15,18H,3-7,10-11,13H2,1-2H3,(H,20,22). The summed E-state index contributed by atoms with van der Waals surface area (Å²) in [7, 11) is -3.49. The van der Waals surface area contributed by atoms with E-state index in [0.717, 1.165) is 17.6 Å². The summed E-state index contributed by atoms with van der Waals surface area (Å²) in [6.07, 6.45) is 6.80. The molecule has 1 saturated carbocycles. The van der Waals surface area contributed by atoms with Crippen molar-refractivity contribution in [3.05, 3.63) is 23.8 Å². The van der Waals surface area contributed by atoms with Crippen LogP contribution in [0, 0.1) is 6.92 Å². The second-order valence-corrected chi connectivity index (χ2v) is 10.6. The van der Waals surface area contributed by atoms with E-state index in [2.05, 4.69) is 5.32 Å². The number of sulfonamides is 1. The van der Waals surface area contributed by atoms with Crippen LogP contribution in [-0.2, 0) is 14.8 Å². The maximum Gasteiger partial charge on any atom is 0.263 e. The lowest BCUT2D eigenvalue weighted by Crippen LogP contribution is -2.50. The summed E-state index contributed by atoms with van der Waals surface area (Å²) >= 11 is 1.92. The summed E-state index contributed by atoms with van der Waals surface area (Å²) < 4.78 is 31.5. The number of rotatable bonds is 6. The van der Waals surface area contributed by atoms with Gasteiger partial charge in [-0.1, -0.05) is 25.3 Å². The Bertz CT molecular complexity index is 776. The molecule has 1 aliphatic heterocycles. The van der Waals surface area contributed by atoms with Crippen molar-refractivity contribution in [2.75, 3.05) is 29.4 Å². The van der Waals surface area contributed by atoms with Gasteiger partial charge in [-0.15, -0.1) is 0 Å². The predicted octanol–water partition coefficient (Wildman–Crippen LogP) is 2.70. The molecular weight excluding hydrogens is 384 g/mol. The third kappa shape index (κ3) is 5.31. The molecule has 0 aromatic heterocycles. The van der Waals surface area contributed by atoms with E-state index in [4.69, 9.17) is 4.74 Å². The first-order valence-corrected chi connectivity index (χ1v) is 12.4. The van der Waals surface area contributed by atoms with Crippen molar-refractivity contribution in [3.63, 3.8) is 0 Å². The van der Waals surface area contributed by atoms with Gasteiger partial charge in [0.25, 0.3) is 5.91 Å². The highest BCUT2D eigenvalue weighted by molar-refractivity contribution is 7.99. The Balaban J connectivity index is 1.58. The third-order valence-electron chi connectivity index (χ3n) is 4.98. The van der Waals surface area contributed by atoms with E-state index in [0.29, 0.717) is 23.2 Å². The third-order valence-corrected chi connectivity index (χ3v) is 7.51. The van der Waals surface area contributed by atoms with E-state index in [-0.39, 0.29) is 12.5 Å². The van der Waals surface area contributed by atoms with Crippen molar-refractivity contribution >= 4 is 33.4 Å². The second kappa shape index (κ2) is 8.73. The molecule has 1 N–H and O–H groups in total. The number of hydrogen-bond acceptors (Lipinski definition) is 5. The van der Waals surface area contributed by atoms with Gasteiger partial charge in [-0.05, 0) is 37.5 Å². The minimum absolute atomic E-state index is 0.00309. The van der Waals surface area contributed by atoms with Gasteiger partial charge in [0.15, 0.2) is 6.10 Å². The number of nitrogens with zero attached hydrogens (tertiary/aromatic N) is 1. The smallest absolute Gasteiger partial charge is 0.263 e. The van der Waals surface area contributed by atoms with Crippen molar-refractivity contribution in [2.24, 2.45) is 0 Å². The summed E-state index contributed by atoms with van der Waals surface area (Å²) in [6, 6.07) is 5.34. The molecule has 0 radical (unpaired) electrons. The van der Waals surface area contributed by atoms with Crippen LogP contribution in [0.2, 0.25) is 0 Å². The Labute approximate surface area is 166 Å². The number of benzene rings is 1. The van der Waals surface area contributed by atoms with Crippen LogP contribution in [0.5, 0.6) is 5.75 Å². The molecule has 2 aliphatic rings. The molecule has 1 amide bonds. The lowest BCUT2D eigenvalue weighted by Gasteiger charge is -2.34. The van der Waals surface area contributed by atoms with Crippen molar-refractivity contribution < 1.29 is 17.9 Å². The van der Waals surface area contributed by atoms with Crippen LogP contribution in [0.1, 0.15) is 37.7 Å². The van der Waals surface area contributed by atoms with Crippen LogP contribution in [0.3, 0.4) is 0 Å². The number of carbonyl (C=O) groups excluding carboxylic acids is 1. The van der Waals surface area contributed by atoms with E-state index >= 15 is 0 Å². The van der Waals surface area contributed by atoms with Crippen molar-refractivity contribution in [2.45, 2.75) is 50.4 Å². The van der Waals surface area contributed by atoms with Gasteiger partial charge < -0.3 is 10.1 Å². The Kier molecular flexibility index (Phi) is 6.57. The molecule has 3 rings (SSSR count). The summed E-state index contributed by atoms with van der Waals surface area (Å²) in [6.45, 7) is 2.46. The molecule has 1 heterocycles. The molecule has 1 aromatic carbocycles. The van der Waals surface area contributed by atoms with Crippen molar-refractivity contribution in [1.82, 2.24) is 5.32 Å². The number of ether oxygens (including phenoxy) is 1. The predicted molar refractivity (Wildman–Crippen MR) is 110 cm³/mol. The van der Waals surface area contributed by atoms with Crippen molar-refractivity contribution in [3.8, 4) is 5.75 Å². The van der Waals surface area contributed by atoms with Crippen molar-refractivity contribution in [1.29, 1.82) is 0 Å². The number of thioether (sulfide) groups is 1. The molecular formula is C19H28N2O4S2. The Morgan fingerprint density at radius 1 is 1.30 bits per heavy atom. The molecule has 8 heteroatoms. The summed E-state index contributed by atoms with van der Waals surface area (Å²) in [5.74, 6) is 1.03. The van der Waals surface area contributed by atoms with Gasteiger partial charge in [-0.25, -0.2) is 8.42 Å². The Hall–Kier alpha value is -1.41. The zero-order valence-corrected chi connectivity index (χ0v) is 17.6. The van der Waals surface area contributed by atoms with E-state index in [9.17, 15) is 13.2 Å². The highest BCUT2D eigenvalue weighted by Gasteiger charge is 2.34. The van der Waals surface area contributed by atoms with Gasteiger partial charge in [-0.2, -0.15) is 11.8 Å². The van der Waals surface area contributed by atoms with Gasteiger partial charge in [0.2, 0.25) is 10.0 Å². The van der Waals surface area contributed by atoms with Crippen LogP contribution in [-0.4, -0.2) is 50.8 Å². The van der Waals surface area contributed by atoms with Crippen LogP contribution >= 0.6 is 11.8 Å². The van der Waals surface area contributed by atoms with Gasteiger partial charge in [0.1, 0.15) is 5.75 Å². The number of hydrogen-bond donors (Lipinski definition) is 1. The van der Waals surface area contributed by atoms with Crippen LogP contribution < -0.4 is 14.4 Å². The molecule has 1 aromatic rings. The highest BCUT2D eigenvalue weighted by Crippen LogP contribution is 2.35. The van der Waals surface area contributed by atoms with Gasteiger partial charge in [-0.3, -0.25) is 9.10 Å². The van der Waals surface area contributed by atoms with E-state index < -0.39 is 16.1 Å². The van der Waals surface area contributed by atoms with Gasteiger partial charge in [0, 0.05) is 17.5 Å². The largest absolute Gasteiger partial charge is 0.476 e. The van der Waals surface area contributed by atoms with Gasteiger partial charge >= 0.3 is 0 Å². The molecule has 1 aliphatic carbocycles. The Morgan fingerprint density at radius 3 is 2.74 bits per heavy atom. The Morgan fingerprint density at radius 2 is 2.04 bits per heavy atom. The summed E-state index contributed by atoms with van der Waals surface area (Å²) in [5.41, 5.74) is 1.43. The monoisotopic (exact) mass is 412 g/mol. The minimum atomic E-state index is -3.49. The number of nitrogens with one attached hydrogen (secondary N) is 1. The number of carbonyl (C=O) groups is 1. The molecule has 0 spiro atoms. The maximum atomic E-state index is 12.5. The molecule has 0 saturated heterocycles. The maximum absolute atomic E-state index is 12.5. The second-order valence-electron chi connectivity index (χ2n) is 7.29. The topological polar surface area (TPSA) is 75.7 Å². The molecule has 6 nitrogen and oxygen atoms in total. The molecule has 0 bridgehead atoms. The van der Waals surface area contributed by atoms with Crippen LogP contribution in [0.15, 0.2) is 18.2 Å². The summed E-state index contributed by atoms with van der Waals surface area (Å²) in [5, 5.41) is 3.61. The lowest BCUT2D eigenvalue weighted by atomic mass is 10.0. The molecule has 27 heavy (non-hydrogen) atoms. The number of aryl methyl sites for hydroxylation is 1. The zero-order valence-electron chi connectivity index (χ0n) is 15.9. The SMILES string of the molecule is Cc1ccc2c(c1)N(S(C)(=O)=O)CC(C(=O)NCCSC1CCCCC1)O2. The average Bonchev–Trinajstić information content (AvgIpc) is 2.64. The van der Waals surface area contributed by atoms with E-state index in [1.165, 1.54) is 36.4 Å². The molecule has 1 fully saturated rings. The highest BCUT2D eigenvalue weighted by atomic mass is 32.2. The minimum Gasteiger partial charge on any atom is -0.476 e. The first kappa shape index (κ1) is 20.3. The number of fused-ring (bicyclic) bond motifs is 1. The first-order valence-electron chi connectivity index (χ1n) is 9.49. The zero-order chi connectivity index (χ0) is 19.4. The first-order chi connectivity index (χ1) is 12.8. The lowest BCUT2D eigenvalue weighted by molar-refractivity contribution is -0.127. The number of amides is 1. The summed E-state index contributed by atoms with van der Waals surface area (Å²) in [4.78, 5) is 12.5. The van der Waals surface area contributed by atoms with E-state index in [1.54, 1.807) is 12.1 Å². The fraction of sp³-hybridized carbons (Fsp3) is 0.632. The van der Waals surface area contributed by atoms with Gasteiger partial charge in [0.05, 0.1) is 18.5 Å². The van der Waals surface area contributed by atoms with Crippen LogP contribution in [0.25, 0.3) is 0 Å². The normalized spacial score (nSPS) is 20.7. The average molecular weight is 413 g/mol. The van der Waals surface area contributed by atoms with E-state index in [1.807, 2.05) is 24.8 Å². The molecule has 150 valence electrons. The number of anilines is 1. The fourth-order valence-electron chi connectivity index (χ4n) is 3.56. The quantitative estimate of drug-likeness (QED) is 0.727. The molecule has 1 atom stereocenters. The van der Waals surface area contributed by atoms with Crippen LogP contribution in [0.4, 0.5) is 5.69 Å². The fourth-order valence-corrected chi connectivity index (χ4v) is 5.68. The molecule has 1 unspecified atom stereocenters.